The molecule has 9 nitrogen and oxygen atoms in total. The molecular formula is C14H21N9S2. The molecule has 0 spiro atoms. The molecule has 1 rings (SSSR count). The maximum absolute atomic E-state index is 8.98. The highest BCUT2D eigenvalue weighted by Crippen LogP contribution is 2.11. The lowest BCUT2D eigenvalue weighted by Gasteiger charge is -2.15. The van der Waals surface area contributed by atoms with Crippen molar-refractivity contribution in [2.24, 2.45) is 4.99 Å². The summed E-state index contributed by atoms with van der Waals surface area (Å²) in [5.74, 6) is 1.98. The number of nitrogens with one attached hydrogen (secondary N) is 4. The molecular weight excluding hydrogens is 358 g/mol. The molecule has 0 aliphatic rings. The summed E-state index contributed by atoms with van der Waals surface area (Å²) in [6.45, 7) is 3.26. The molecule has 4 N–H and O–H groups in total. The van der Waals surface area contributed by atoms with E-state index in [4.69, 9.17) is 15.9 Å². The number of amidine groups is 1. The van der Waals surface area contributed by atoms with Gasteiger partial charge in [-0.15, -0.1) is 0 Å². The fraction of sp³-hybridized carbons (Fsp3) is 0.500. The summed E-state index contributed by atoms with van der Waals surface area (Å²) in [6.07, 6.45) is 7.21. The first-order valence-electron chi connectivity index (χ1n) is 7.42. The normalized spacial score (nSPS) is 10.6. The van der Waals surface area contributed by atoms with Crippen LogP contribution >= 0.6 is 23.5 Å². The lowest BCUT2D eigenvalue weighted by Crippen LogP contribution is -2.40. The maximum atomic E-state index is 8.98. The topological polar surface area (TPSA) is 140 Å². The smallest absolute Gasteiger partial charge is 0.204 e. The van der Waals surface area contributed by atoms with Crippen LogP contribution in [0, 0.1) is 35.2 Å². The molecule has 0 radical (unpaired) electrons. The maximum Gasteiger partial charge on any atom is 0.204 e. The number of hydrogen-bond acceptors (Lipinski definition) is 7. The van der Waals surface area contributed by atoms with E-state index in [1.165, 1.54) is 16.7 Å². The predicted molar refractivity (Wildman–Crippen MR) is 102 cm³/mol. The SMILES string of the molecule is CSC(=N)N(C#N)CCNC(=NCCSCc1nc[nH]c1C)NC#N. The second-order valence-corrected chi connectivity index (χ2v) is 6.58. The van der Waals surface area contributed by atoms with Gasteiger partial charge in [-0.2, -0.15) is 22.3 Å². The van der Waals surface area contributed by atoms with Gasteiger partial charge in [0.1, 0.15) is 0 Å². The number of aryl methyl sites for hydroxylation is 1. The number of aromatic amines is 1. The van der Waals surface area contributed by atoms with Crippen LogP contribution < -0.4 is 10.6 Å². The average molecular weight is 380 g/mol. The summed E-state index contributed by atoms with van der Waals surface area (Å²) in [7, 11) is 0. The van der Waals surface area contributed by atoms with Crippen LogP contribution in [0.15, 0.2) is 11.3 Å². The number of aliphatic imine (C=N–C) groups is 1. The molecule has 0 atom stereocenters. The van der Waals surface area contributed by atoms with Crippen molar-refractivity contribution in [2.75, 3.05) is 31.6 Å². The van der Waals surface area contributed by atoms with Crippen LogP contribution in [0.25, 0.3) is 0 Å². The Hall–Kier alpha value is -2.37. The number of guanidine groups is 1. The molecule has 0 aliphatic heterocycles. The Morgan fingerprint density at radius 3 is 2.92 bits per heavy atom. The molecule has 0 saturated carbocycles. The summed E-state index contributed by atoms with van der Waals surface area (Å²) in [5.41, 5.74) is 2.11. The van der Waals surface area contributed by atoms with Crippen molar-refractivity contribution in [3.05, 3.63) is 17.7 Å². The fourth-order valence-corrected chi connectivity index (χ4v) is 2.91. The number of H-pyrrole nitrogens is 1. The second kappa shape index (κ2) is 12.1. The van der Waals surface area contributed by atoms with Gasteiger partial charge in [-0.3, -0.25) is 20.6 Å². The van der Waals surface area contributed by atoms with Gasteiger partial charge in [0.2, 0.25) is 5.96 Å². The number of nitriles is 2. The van der Waals surface area contributed by atoms with Crippen LogP contribution in [0.4, 0.5) is 0 Å². The van der Waals surface area contributed by atoms with E-state index >= 15 is 0 Å². The predicted octanol–water partition coefficient (Wildman–Crippen LogP) is 1.05. The van der Waals surface area contributed by atoms with Gasteiger partial charge < -0.3 is 10.3 Å². The Balaban J connectivity index is 2.33. The highest BCUT2D eigenvalue weighted by atomic mass is 32.2. The molecule has 0 aromatic carbocycles. The molecule has 0 bridgehead atoms. The third-order valence-corrected chi connectivity index (χ3v) is 4.60. The van der Waals surface area contributed by atoms with Crippen LogP contribution in [0.3, 0.4) is 0 Å². The number of nitrogens with zero attached hydrogens (tertiary/aromatic N) is 5. The summed E-state index contributed by atoms with van der Waals surface area (Å²) < 4.78 is 0. The van der Waals surface area contributed by atoms with Crippen molar-refractivity contribution < 1.29 is 0 Å². The molecule has 0 amide bonds. The Bertz CT molecular complexity index is 656. The van der Waals surface area contributed by atoms with E-state index in [0.717, 1.165) is 22.9 Å². The Morgan fingerprint density at radius 1 is 1.52 bits per heavy atom. The first-order valence-corrected chi connectivity index (χ1v) is 9.80. The van der Waals surface area contributed by atoms with E-state index < -0.39 is 0 Å². The molecule has 25 heavy (non-hydrogen) atoms. The zero-order valence-corrected chi connectivity index (χ0v) is 15.8. The summed E-state index contributed by atoms with van der Waals surface area (Å²) >= 11 is 2.91. The third kappa shape index (κ3) is 7.83. The zero-order chi connectivity index (χ0) is 18.5. The van der Waals surface area contributed by atoms with Crippen molar-refractivity contribution in [3.8, 4) is 12.4 Å². The summed E-state index contributed by atoms with van der Waals surface area (Å²) in [4.78, 5) is 12.8. The van der Waals surface area contributed by atoms with E-state index in [1.54, 1.807) is 24.3 Å². The monoisotopic (exact) mass is 379 g/mol. The molecule has 0 saturated heterocycles. The highest BCUT2D eigenvalue weighted by Gasteiger charge is 2.07. The van der Waals surface area contributed by atoms with Crippen molar-refractivity contribution >= 4 is 34.7 Å². The van der Waals surface area contributed by atoms with E-state index in [1.807, 2.05) is 19.3 Å². The number of aromatic nitrogens is 2. The minimum Gasteiger partial charge on any atom is -0.354 e. The lowest BCUT2D eigenvalue weighted by molar-refractivity contribution is 0.572. The second-order valence-electron chi connectivity index (χ2n) is 4.68. The number of rotatable bonds is 8. The van der Waals surface area contributed by atoms with Crippen LogP contribution in [-0.2, 0) is 5.75 Å². The first-order chi connectivity index (χ1) is 12.1. The van der Waals surface area contributed by atoms with E-state index in [0.29, 0.717) is 25.6 Å². The van der Waals surface area contributed by atoms with Crippen LogP contribution in [0.5, 0.6) is 0 Å². The van der Waals surface area contributed by atoms with E-state index in [9.17, 15) is 0 Å². The fourth-order valence-electron chi connectivity index (χ4n) is 1.71. The lowest BCUT2D eigenvalue weighted by atomic mass is 10.4. The van der Waals surface area contributed by atoms with Crippen molar-refractivity contribution in [1.29, 1.82) is 15.9 Å². The summed E-state index contributed by atoms with van der Waals surface area (Å²) in [5, 5.41) is 31.0. The Labute approximate surface area is 155 Å². The summed E-state index contributed by atoms with van der Waals surface area (Å²) in [6, 6.07) is 0. The van der Waals surface area contributed by atoms with Gasteiger partial charge in [0.05, 0.1) is 25.1 Å². The van der Waals surface area contributed by atoms with Gasteiger partial charge in [0.15, 0.2) is 17.6 Å². The third-order valence-electron chi connectivity index (χ3n) is 3.04. The molecule has 1 aromatic heterocycles. The largest absolute Gasteiger partial charge is 0.354 e. The van der Waals surface area contributed by atoms with Gasteiger partial charge in [0, 0.05) is 23.7 Å². The number of hydrogen-bond donors (Lipinski definition) is 4. The van der Waals surface area contributed by atoms with E-state index in [2.05, 4.69) is 25.6 Å². The van der Waals surface area contributed by atoms with Gasteiger partial charge in [0.25, 0.3) is 0 Å². The average Bonchev–Trinajstić information content (AvgIpc) is 3.02. The van der Waals surface area contributed by atoms with Gasteiger partial charge in [-0.25, -0.2) is 4.98 Å². The van der Waals surface area contributed by atoms with Crippen molar-refractivity contribution in [2.45, 2.75) is 12.7 Å². The van der Waals surface area contributed by atoms with Crippen molar-refractivity contribution in [1.82, 2.24) is 25.5 Å². The molecule has 0 fully saturated rings. The quantitative estimate of drug-likeness (QED) is 0.173. The van der Waals surface area contributed by atoms with Crippen LogP contribution in [-0.4, -0.2) is 57.6 Å². The van der Waals surface area contributed by atoms with Crippen LogP contribution in [0.2, 0.25) is 0 Å². The van der Waals surface area contributed by atoms with Gasteiger partial charge in [-0.05, 0) is 13.2 Å². The molecule has 0 unspecified atom stereocenters. The Morgan fingerprint density at radius 2 is 2.32 bits per heavy atom. The van der Waals surface area contributed by atoms with Crippen molar-refractivity contribution in [3.63, 3.8) is 0 Å². The highest BCUT2D eigenvalue weighted by molar-refractivity contribution is 8.13. The Kier molecular flexibility index (Phi) is 9.97. The first kappa shape index (κ1) is 20.7. The van der Waals surface area contributed by atoms with E-state index in [-0.39, 0.29) is 5.17 Å². The van der Waals surface area contributed by atoms with Gasteiger partial charge >= 0.3 is 0 Å². The minimum absolute atomic E-state index is 0.182. The molecule has 134 valence electrons. The van der Waals surface area contributed by atoms with Gasteiger partial charge in [-0.1, -0.05) is 11.8 Å². The molecule has 1 heterocycles. The standard InChI is InChI=1S/C14H21N9S2/c1-11-12(22-10-21-11)7-25-6-4-19-14(20-8-15)18-3-5-23(9-16)13(17)24-2/h10,17H,3-7H2,1-2H3,(H,21,22)(H2,18,19,20). The molecule has 1 aromatic rings. The number of imidazole rings is 1. The minimum atomic E-state index is 0.182. The number of thioether (sulfide) groups is 2. The molecule has 0 aliphatic carbocycles. The zero-order valence-electron chi connectivity index (χ0n) is 14.2. The molecule has 11 heteroatoms. The van der Waals surface area contributed by atoms with Crippen LogP contribution in [0.1, 0.15) is 11.4 Å².